The van der Waals surface area contributed by atoms with Crippen LogP contribution in [-0.2, 0) is 0 Å². The summed E-state index contributed by atoms with van der Waals surface area (Å²) in [5.41, 5.74) is 2.76. The Hall–Kier alpha value is -2.67. The molecule has 190 valence electrons. The van der Waals surface area contributed by atoms with Crippen molar-refractivity contribution in [3.8, 4) is 11.1 Å². The molecule has 2 amide bonds. The molecule has 0 aromatic heterocycles. The molecule has 1 aliphatic carbocycles. The molecule has 1 aliphatic rings. The Kier molecular flexibility index (Phi) is 9.19. The second kappa shape index (κ2) is 12.5. The maximum absolute atomic E-state index is 13.7. The summed E-state index contributed by atoms with van der Waals surface area (Å²) in [5.74, 6) is -1.17. The van der Waals surface area contributed by atoms with Crippen molar-refractivity contribution in [1.29, 1.82) is 0 Å². The van der Waals surface area contributed by atoms with Crippen molar-refractivity contribution in [3.05, 3.63) is 87.9 Å². The number of nitrogens with one attached hydrogen (secondary N) is 3. The highest BCUT2D eigenvalue weighted by Crippen LogP contribution is 2.27. The number of anilines is 1. The second-order valence-electron chi connectivity index (χ2n) is 9.19. The highest BCUT2D eigenvalue weighted by atomic mass is 35.5. The third-order valence-electron chi connectivity index (χ3n) is 6.49. The standard InChI is InChI=1S/C28H29Cl2F2N3O/c29-22-13-23(30)15-27(14-22)35-28(36)34-17-20(9-10-33-26-3-1-2-4-26)18-5-7-19(8-6-18)21-11-24(31)16-25(32)12-21/h5-8,11-16,20,26,33H,1-4,9-10,17H2,(H2,34,35,36). The van der Waals surface area contributed by atoms with E-state index in [4.69, 9.17) is 23.2 Å². The molecule has 4 nitrogen and oxygen atoms in total. The van der Waals surface area contributed by atoms with Crippen molar-refractivity contribution in [2.24, 2.45) is 0 Å². The fourth-order valence-electron chi connectivity index (χ4n) is 4.66. The zero-order chi connectivity index (χ0) is 25.5. The first kappa shape index (κ1) is 26.4. The molecule has 8 heteroatoms. The number of hydrogen-bond donors (Lipinski definition) is 3. The van der Waals surface area contributed by atoms with Gasteiger partial charge in [0.2, 0.25) is 0 Å². The Bertz CT molecular complexity index is 1140. The van der Waals surface area contributed by atoms with Crippen LogP contribution in [0.4, 0.5) is 19.3 Å². The monoisotopic (exact) mass is 531 g/mol. The van der Waals surface area contributed by atoms with E-state index in [1.165, 1.54) is 37.8 Å². The Morgan fingerprint density at radius 2 is 1.53 bits per heavy atom. The average Bonchev–Trinajstić information content (AvgIpc) is 3.34. The van der Waals surface area contributed by atoms with Crippen LogP contribution in [0.3, 0.4) is 0 Å². The molecule has 0 saturated heterocycles. The number of carbonyl (C=O) groups is 1. The van der Waals surface area contributed by atoms with Gasteiger partial charge in [0.15, 0.2) is 0 Å². The number of urea groups is 1. The van der Waals surface area contributed by atoms with E-state index in [-0.39, 0.29) is 11.9 Å². The minimum absolute atomic E-state index is 0.0471. The molecule has 3 aromatic carbocycles. The summed E-state index contributed by atoms with van der Waals surface area (Å²) in [4.78, 5) is 12.6. The summed E-state index contributed by atoms with van der Waals surface area (Å²) < 4.78 is 27.3. The lowest BCUT2D eigenvalue weighted by molar-refractivity contribution is 0.251. The molecular formula is C28H29Cl2F2N3O. The molecule has 0 bridgehead atoms. The van der Waals surface area contributed by atoms with E-state index in [2.05, 4.69) is 16.0 Å². The first-order valence-electron chi connectivity index (χ1n) is 12.2. The zero-order valence-electron chi connectivity index (χ0n) is 19.8. The number of hydrogen-bond acceptors (Lipinski definition) is 2. The van der Waals surface area contributed by atoms with Gasteiger partial charge in [-0.1, -0.05) is 60.3 Å². The van der Waals surface area contributed by atoms with Crippen molar-refractivity contribution < 1.29 is 13.6 Å². The van der Waals surface area contributed by atoms with Crippen molar-refractivity contribution in [2.45, 2.75) is 44.1 Å². The Morgan fingerprint density at radius 3 is 2.17 bits per heavy atom. The van der Waals surface area contributed by atoms with Crippen molar-refractivity contribution >= 4 is 34.9 Å². The van der Waals surface area contributed by atoms with Crippen LogP contribution >= 0.6 is 23.2 Å². The zero-order valence-corrected chi connectivity index (χ0v) is 21.3. The van der Waals surface area contributed by atoms with Crippen molar-refractivity contribution in [2.75, 3.05) is 18.4 Å². The van der Waals surface area contributed by atoms with Gasteiger partial charge in [-0.15, -0.1) is 0 Å². The van der Waals surface area contributed by atoms with E-state index in [0.717, 1.165) is 30.2 Å². The van der Waals surface area contributed by atoms with Gasteiger partial charge in [0, 0.05) is 40.3 Å². The molecule has 3 aromatic rings. The normalized spacial score (nSPS) is 14.6. The van der Waals surface area contributed by atoms with E-state index in [0.29, 0.717) is 33.9 Å². The van der Waals surface area contributed by atoms with Crippen LogP contribution in [-0.4, -0.2) is 25.2 Å². The fraction of sp³-hybridized carbons (Fsp3) is 0.321. The van der Waals surface area contributed by atoms with Gasteiger partial charge in [-0.25, -0.2) is 13.6 Å². The topological polar surface area (TPSA) is 53.2 Å². The lowest BCUT2D eigenvalue weighted by Gasteiger charge is -2.21. The van der Waals surface area contributed by atoms with Crippen LogP contribution in [0.25, 0.3) is 11.1 Å². The number of benzene rings is 3. The minimum atomic E-state index is -0.610. The first-order chi connectivity index (χ1) is 17.4. The smallest absolute Gasteiger partial charge is 0.319 e. The Balaban J connectivity index is 1.43. The predicted octanol–water partition coefficient (Wildman–Crippen LogP) is 7.77. The van der Waals surface area contributed by atoms with Gasteiger partial charge in [0.05, 0.1) is 0 Å². The molecule has 0 heterocycles. The Labute approximate surface area is 220 Å². The summed E-state index contributed by atoms with van der Waals surface area (Å²) in [7, 11) is 0. The van der Waals surface area contributed by atoms with Crippen molar-refractivity contribution in [3.63, 3.8) is 0 Å². The lowest BCUT2D eigenvalue weighted by Crippen LogP contribution is -2.34. The molecule has 1 fully saturated rings. The van der Waals surface area contributed by atoms with Crippen LogP contribution < -0.4 is 16.0 Å². The Morgan fingerprint density at radius 1 is 0.889 bits per heavy atom. The largest absolute Gasteiger partial charge is 0.337 e. The quantitative estimate of drug-likeness (QED) is 0.264. The summed E-state index contributed by atoms with van der Waals surface area (Å²) in [6, 6.07) is 16.2. The summed E-state index contributed by atoms with van der Waals surface area (Å²) in [5, 5.41) is 10.2. The van der Waals surface area contributed by atoms with E-state index in [9.17, 15) is 13.6 Å². The maximum Gasteiger partial charge on any atom is 0.319 e. The van der Waals surface area contributed by atoms with Gasteiger partial charge in [-0.2, -0.15) is 0 Å². The van der Waals surface area contributed by atoms with Gasteiger partial charge in [0.25, 0.3) is 0 Å². The number of halogens is 4. The van der Waals surface area contributed by atoms with E-state index < -0.39 is 11.6 Å². The molecule has 36 heavy (non-hydrogen) atoms. The number of amides is 2. The predicted molar refractivity (Wildman–Crippen MR) is 143 cm³/mol. The summed E-state index contributed by atoms with van der Waals surface area (Å²) >= 11 is 12.0. The number of carbonyl (C=O) groups excluding carboxylic acids is 1. The third kappa shape index (κ3) is 7.66. The molecule has 0 aliphatic heterocycles. The molecule has 1 saturated carbocycles. The first-order valence-corrected chi connectivity index (χ1v) is 12.9. The van der Waals surface area contributed by atoms with E-state index in [1.54, 1.807) is 18.2 Å². The summed E-state index contributed by atoms with van der Waals surface area (Å²) in [6.45, 7) is 1.25. The van der Waals surface area contributed by atoms with Crippen LogP contribution in [0.2, 0.25) is 10.0 Å². The minimum Gasteiger partial charge on any atom is -0.337 e. The van der Waals surface area contributed by atoms with E-state index in [1.807, 2.05) is 24.3 Å². The number of rotatable bonds is 9. The van der Waals surface area contributed by atoms with Gasteiger partial charge in [-0.3, -0.25) is 0 Å². The van der Waals surface area contributed by atoms with Gasteiger partial charge < -0.3 is 16.0 Å². The fourth-order valence-corrected chi connectivity index (χ4v) is 5.19. The molecule has 0 spiro atoms. The molecule has 1 atom stereocenters. The van der Waals surface area contributed by atoms with Crippen LogP contribution in [0.1, 0.15) is 43.6 Å². The highest BCUT2D eigenvalue weighted by molar-refractivity contribution is 6.35. The molecule has 4 rings (SSSR count). The van der Waals surface area contributed by atoms with Gasteiger partial charge in [0.1, 0.15) is 11.6 Å². The lowest BCUT2D eigenvalue weighted by atomic mass is 9.93. The molecule has 3 N–H and O–H groups in total. The summed E-state index contributed by atoms with van der Waals surface area (Å²) in [6.07, 6.45) is 5.75. The SMILES string of the molecule is O=C(NCC(CCNC1CCCC1)c1ccc(-c2cc(F)cc(F)c2)cc1)Nc1cc(Cl)cc(Cl)c1. The van der Waals surface area contributed by atoms with Crippen LogP contribution in [0.5, 0.6) is 0 Å². The average molecular weight is 532 g/mol. The van der Waals surface area contributed by atoms with Gasteiger partial charge in [-0.05, 0) is 72.8 Å². The molecule has 1 unspecified atom stereocenters. The van der Waals surface area contributed by atoms with E-state index >= 15 is 0 Å². The van der Waals surface area contributed by atoms with Gasteiger partial charge >= 0.3 is 6.03 Å². The van der Waals surface area contributed by atoms with Crippen LogP contribution in [0.15, 0.2) is 60.7 Å². The highest BCUT2D eigenvalue weighted by Gasteiger charge is 2.17. The van der Waals surface area contributed by atoms with Crippen LogP contribution in [0, 0.1) is 11.6 Å². The van der Waals surface area contributed by atoms with Crippen molar-refractivity contribution in [1.82, 2.24) is 10.6 Å². The third-order valence-corrected chi connectivity index (χ3v) is 6.92. The maximum atomic E-state index is 13.7. The molecule has 0 radical (unpaired) electrons. The molecular weight excluding hydrogens is 503 g/mol. The second-order valence-corrected chi connectivity index (χ2v) is 10.1.